The van der Waals surface area contributed by atoms with Crippen LogP contribution in [0.2, 0.25) is 5.02 Å². The van der Waals surface area contributed by atoms with E-state index in [1.54, 1.807) is 0 Å². The van der Waals surface area contributed by atoms with E-state index < -0.39 is 11.8 Å². The van der Waals surface area contributed by atoms with Crippen molar-refractivity contribution < 1.29 is 18.7 Å². The van der Waals surface area contributed by atoms with Gasteiger partial charge in [0.25, 0.3) is 5.91 Å². The van der Waals surface area contributed by atoms with Gasteiger partial charge in [-0.05, 0) is 80.8 Å². The Bertz CT molecular complexity index is 726. The minimum absolute atomic E-state index is 0.0770. The summed E-state index contributed by atoms with van der Waals surface area (Å²) in [5, 5.41) is 3.24. The van der Waals surface area contributed by atoms with E-state index in [2.05, 4.69) is 12.2 Å². The van der Waals surface area contributed by atoms with Gasteiger partial charge in [0.05, 0.1) is 6.42 Å². The molecule has 1 aromatic carbocycles. The van der Waals surface area contributed by atoms with Crippen molar-refractivity contribution in [2.75, 3.05) is 6.61 Å². The van der Waals surface area contributed by atoms with Crippen LogP contribution in [0.1, 0.15) is 51.0 Å². The van der Waals surface area contributed by atoms with Crippen molar-refractivity contribution in [1.29, 1.82) is 0 Å². The molecule has 0 saturated heterocycles. The summed E-state index contributed by atoms with van der Waals surface area (Å²) >= 11 is 5.93. The summed E-state index contributed by atoms with van der Waals surface area (Å²) in [7, 11) is 0. The standard InChI is InChI=1S/C22H27ClFNO3/c1-13(22-9-14-5-15(10-22)7-16(6-14)11-22)25-20(26)12-28-21(27)8-17-18(23)3-2-4-19(17)24/h2-4,13-16H,5-12H2,1H3,(H,25,26)/t13-,14?,15?,16?,22?/m1/s1. The van der Waals surface area contributed by atoms with Crippen LogP contribution >= 0.6 is 11.6 Å². The zero-order valence-corrected chi connectivity index (χ0v) is 16.9. The van der Waals surface area contributed by atoms with Crippen molar-refractivity contribution in [1.82, 2.24) is 5.32 Å². The smallest absolute Gasteiger partial charge is 0.310 e. The fourth-order valence-electron chi connectivity index (χ4n) is 6.19. The molecule has 4 saturated carbocycles. The van der Waals surface area contributed by atoms with Gasteiger partial charge in [0.15, 0.2) is 6.61 Å². The number of carbonyl (C=O) groups is 2. The monoisotopic (exact) mass is 407 g/mol. The number of amides is 1. The SMILES string of the molecule is C[C@@H](NC(=O)COC(=O)Cc1c(F)cccc1Cl)C12CC3CC(CC(C3)C1)C2. The van der Waals surface area contributed by atoms with Gasteiger partial charge in [-0.3, -0.25) is 9.59 Å². The van der Waals surface area contributed by atoms with Crippen LogP contribution in [0.25, 0.3) is 0 Å². The van der Waals surface area contributed by atoms with Gasteiger partial charge in [-0.15, -0.1) is 0 Å². The molecule has 1 N–H and O–H groups in total. The molecule has 0 heterocycles. The van der Waals surface area contributed by atoms with Crippen LogP contribution in [-0.2, 0) is 20.7 Å². The van der Waals surface area contributed by atoms with Crippen molar-refractivity contribution in [2.45, 2.75) is 57.9 Å². The third-order valence-electron chi connectivity index (χ3n) is 7.13. The Hall–Kier alpha value is -1.62. The maximum absolute atomic E-state index is 13.8. The number of carbonyl (C=O) groups excluding carboxylic acids is 2. The van der Waals surface area contributed by atoms with Gasteiger partial charge in [-0.25, -0.2) is 4.39 Å². The van der Waals surface area contributed by atoms with E-state index in [-0.39, 0.29) is 41.0 Å². The summed E-state index contributed by atoms with van der Waals surface area (Å²) in [6.45, 7) is 1.74. The maximum atomic E-state index is 13.8. The summed E-state index contributed by atoms with van der Waals surface area (Å²) in [6.07, 6.45) is 7.38. The number of esters is 1. The van der Waals surface area contributed by atoms with Crippen LogP contribution in [0.15, 0.2) is 18.2 Å². The molecular weight excluding hydrogens is 381 g/mol. The molecule has 152 valence electrons. The Morgan fingerprint density at radius 2 is 1.82 bits per heavy atom. The Kier molecular flexibility index (Phi) is 5.38. The van der Waals surface area contributed by atoms with Crippen molar-refractivity contribution in [3.05, 3.63) is 34.6 Å². The van der Waals surface area contributed by atoms with E-state index in [1.165, 1.54) is 56.7 Å². The third-order valence-corrected chi connectivity index (χ3v) is 7.48. The predicted octanol–water partition coefficient (Wildman–Crippen LogP) is 4.29. The normalized spacial score (nSPS) is 31.5. The molecule has 4 bridgehead atoms. The van der Waals surface area contributed by atoms with Crippen LogP contribution in [0.4, 0.5) is 4.39 Å². The molecule has 4 aliphatic rings. The van der Waals surface area contributed by atoms with E-state index in [0.717, 1.165) is 17.8 Å². The highest BCUT2D eigenvalue weighted by atomic mass is 35.5. The van der Waals surface area contributed by atoms with Gasteiger partial charge in [-0.1, -0.05) is 17.7 Å². The Morgan fingerprint density at radius 1 is 1.21 bits per heavy atom. The largest absolute Gasteiger partial charge is 0.455 e. The molecule has 4 fully saturated rings. The van der Waals surface area contributed by atoms with E-state index in [9.17, 15) is 14.0 Å². The molecular formula is C22H27ClFNO3. The first-order chi connectivity index (χ1) is 13.3. The first-order valence-corrected chi connectivity index (χ1v) is 10.6. The lowest BCUT2D eigenvalue weighted by molar-refractivity contribution is -0.149. The van der Waals surface area contributed by atoms with Crippen LogP contribution in [0, 0.1) is 29.0 Å². The molecule has 4 nitrogen and oxygen atoms in total. The molecule has 1 aromatic rings. The summed E-state index contributed by atoms with van der Waals surface area (Å²) in [4.78, 5) is 24.4. The van der Waals surface area contributed by atoms with Crippen molar-refractivity contribution in [3.63, 3.8) is 0 Å². The second-order valence-corrected chi connectivity index (χ2v) is 9.51. The van der Waals surface area contributed by atoms with Crippen molar-refractivity contribution in [2.24, 2.45) is 23.2 Å². The molecule has 0 unspecified atom stereocenters. The highest BCUT2D eigenvalue weighted by Gasteiger charge is 2.53. The summed E-state index contributed by atoms with van der Waals surface area (Å²) in [5.74, 6) is 0.932. The number of ether oxygens (including phenoxy) is 1. The van der Waals surface area contributed by atoms with Gasteiger partial charge in [0.1, 0.15) is 5.82 Å². The minimum atomic E-state index is -0.662. The number of nitrogens with one attached hydrogen (secondary N) is 1. The molecule has 0 aromatic heterocycles. The average Bonchev–Trinajstić information content (AvgIpc) is 2.62. The van der Waals surface area contributed by atoms with Crippen LogP contribution < -0.4 is 5.32 Å². The van der Waals surface area contributed by atoms with Crippen LogP contribution in [0.3, 0.4) is 0 Å². The molecule has 0 spiro atoms. The zero-order valence-electron chi connectivity index (χ0n) is 16.2. The van der Waals surface area contributed by atoms with Crippen molar-refractivity contribution in [3.8, 4) is 0 Å². The molecule has 4 aliphatic carbocycles. The molecule has 0 aliphatic heterocycles. The predicted molar refractivity (Wildman–Crippen MR) is 104 cm³/mol. The lowest BCUT2D eigenvalue weighted by Gasteiger charge is -2.59. The third kappa shape index (κ3) is 3.91. The summed E-state index contributed by atoms with van der Waals surface area (Å²) in [5.41, 5.74) is 0.297. The maximum Gasteiger partial charge on any atom is 0.310 e. The molecule has 0 radical (unpaired) electrons. The molecule has 28 heavy (non-hydrogen) atoms. The Balaban J connectivity index is 1.28. The molecule has 5 rings (SSSR count). The van der Waals surface area contributed by atoms with Gasteiger partial charge in [-0.2, -0.15) is 0 Å². The fraction of sp³-hybridized carbons (Fsp3) is 0.636. The second kappa shape index (κ2) is 7.66. The van der Waals surface area contributed by atoms with E-state index in [1.807, 2.05) is 0 Å². The second-order valence-electron chi connectivity index (χ2n) is 9.11. The number of hydrogen-bond acceptors (Lipinski definition) is 3. The van der Waals surface area contributed by atoms with Gasteiger partial charge < -0.3 is 10.1 Å². The van der Waals surface area contributed by atoms with E-state index >= 15 is 0 Å². The van der Waals surface area contributed by atoms with E-state index in [4.69, 9.17) is 16.3 Å². The molecule has 6 heteroatoms. The zero-order chi connectivity index (χ0) is 19.9. The van der Waals surface area contributed by atoms with E-state index in [0.29, 0.717) is 0 Å². The molecule has 1 atom stereocenters. The minimum Gasteiger partial charge on any atom is -0.455 e. The lowest BCUT2D eigenvalue weighted by atomic mass is 9.48. The summed E-state index contributed by atoms with van der Waals surface area (Å²) < 4.78 is 18.8. The Labute approximate surface area is 170 Å². The molecule has 1 amide bonds. The van der Waals surface area contributed by atoms with Gasteiger partial charge >= 0.3 is 5.97 Å². The number of benzene rings is 1. The first-order valence-electron chi connectivity index (χ1n) is 10.2. The van der Waals surface area contributed by atoms with Crippen LogP contribution in [0.5, 0.6) is 0 Å². The lowest BCUT2D eigenvalue weighted by Crippen LogP contribution is -2.56. The van der Waals surface area contributed by atoms with Crippen LogP contribution in [-0.4, -0.2) is 24.5 Å². The number of halogens is 2. The average molecular weight is 408 g/mol. The number of rotatable bonds is 6. The van der Waals surface area contributed by atoms with Crippen molar-refractivity contribution >= 4 is 23.5 Å². The quantitative estimate of drug-likeness (QED) is 0.716. The number of hydrogen-bond donors (Lipinski definition) is 1. The highest BCUT2D eigenvalue weighted by molar-refractivity contribution is 6.31. The topological polar surface area (TPSA) is 55.4 Å². The van der Waals surface area contributed by atoms with Gasteiger partial charge in [0, 0.05) is 16.6 Å². The Morgan fingerprint density at radius 3 is 2.39 bits per heavy atom. The van der Waals surface area contributed by atoms with Gasteiger partial charge in [0.2, 0.25) is 0 Å². The highest BCUT2D eigenvalue weighted by Crippen LogP contribution is 2.61. The first kappa shape index (κ1) is 19.7. The summed E-state index contributed by atoms with van der Waals surface area (Å²) in [6, 6.07) is 4.32. The fourth-order valence-corrected chi connectivity index (χ4v) is 6.42.